The van der Waals surface area contributed by atoms with Gasteiger partial charge in [0.05, 0.1) is 39.5 Å². The van der Waals surface area contributed by atoms with E-state index in [0.29, 0.717) is 31.1 Å². The number of rotatable bonds is 7. The zero-order chi connectivity index (χ0) is 22.0. The van der Waals surface area contributed by atoms with Crippen molar-refractivity contribution in [3.8, 4) is 5.75 Å². The van der Waals surface area contributed by atoms with E-state index in [-0.39, 0.29) is 5.78 Å². The fourth-order valence-electron chi connectivity index (χ4n) is 4.40. The molecule has 0 bridgehead atoms. The van der Waals surface area contributed by atoms with Crippen LogP contribution in [-0.4, -0.2) is 68.9 Å². The third-order valence-electron chi connectivity index (χ3n) is 6.11. The second-order valence-corrected chi connectivity index (χ2v) is 8.94. The van der Waals surface area contributed by atoms with Crippen LogP contribution in [0.15, 0.2) is 35.7 Å². The van der Waals surface area contributed by atoms with Crippen molar-refractivity contribution in [2.45, 2.75) is 13.0 Å². The van der Waals surface area contributed by atoms with Crippen LogP contribution in [0, 0.1) is 12.8 Å². The average Bonchev–Trinajstić information content (AvgIpc) is 3.40. The number of nitrogens with one attached hydrogen (secondary N) is 1. The van der Waals surface area contributed by atoms with Crippen molar-refractivity contribution < 1.29 is 28.8 Å². The van der Waals surface area contributed by atoms with Gasteiger partial charge in [0.25, 0.3) is 5.91 Å². The first-order chi connectivity index (χ1) is 15.0. The second kappa shape index (κ2) is 9.30. The molecule has 2 aliphatic rings. The number of carbonyl (C=O) groups is 3. The fourth-order valence-corrected chi connectivity index (χ4v) is 5.28. The minimum atomic E-state index is -1.03. The molecular weight excluding hydrogens is 416 g/mol. The van der Waals surface area contributed by atoms with Gasteiger partial charge < -0.3 is 19.3 Å². The minimum absolute atomic E-state index is 0.316. The predicted octanol–water partition coefficient (Wildman–Crippen LogP) is 0.932. The molecule has 164 valence electrons. The SMILES string of the molecule is COc1ccc(C(=O)C2C(=O)C(=O)N(CC[NH+]3CCOCC3)C2c2cccs2)cc1C. The van der Waals surface area contributed by atoms with Gasteiger partial charge in [-0.05, 0) is 42.1 Å². The molecule has 3 heterocycles. The van der Waals surface area contributed by atoms with Gasteiger partial charge in [-0.1, -0.05) is 6.07 Å². The smallest absolute Gasteiger partial charge is 0.291 e. The lowest BCUT2D eigenvalue weighted by molar-refractivity contribution is -0.907. The van der Waals surface area contributed by atoms with Gasteiger partial charge in [0.1, 0.15) is 24.8 Å². The highest BCUT2D eigenvalue weighted by atomic mass is 32.1. The van der Waals surface area contributed by atoms with Crippen molar-refractivity contribution in [1.82, 2.24) is 4.90 Å². The normalized spacial score (nSPS) is 22.2. The molecule has 2 fully saturated rings. The largest absolute Gasteiger partial charge is 0.496 e. The van der Waals surface area contributed by atoms with E-state index in [1.165, 1.54) is 16.2 Å². The number of Topliss-reactive ketones (excluding diaryl/α,β-unsaturated/α-hetero) is 2. The second-order valence-electron chi connectivity index (χ2n) is 7.96. The zero-order valence-electron chi connectivity index (χ0n) is 17.8. The van der Waals surface area contributed by atoms with Crippen LogP contribution >= 0.6 is 11.3 Å². The predicted molar refractivity (Wildman–Crippen MR) is 116 cm³/mol. The number of thiophene rings is 1. The third kappa shape index (κ3) is 4.28. The van der Waals surface area contributed by atoms with E-state index in [1.807, 2.05) is 24.4 Å². The summed E-state index contributed by atoms with van der Waals surface area (Å²) in [6.07, 6.45) is 0. The molecule has 0 radical (unpaired) electrons. The Balaban J connectivity index is 1.62. The van der Waals surface area contributed by atoms with E-state index in [1.54, 1.807) is 30.2 Å². The maximum atomic E-state index is 13.5. The number of amides is 1. The molecule has 1 N–H and O–H groups in total. The fraction of sp³-hybridized carbons (Fsp3) is 0.435. The number of ketones is 2. The highest BCUT2D eigenvalue weighted by molar-refractivity contribution is 7.10. The molecule has 4 rings (SSSR count). The molecule has 2 aliphatic heterocycles. The summed E-state index contributed by atoms with van der Waals surface area (Å²) < 4.78 is 10.7. The molecular formula is C23H27N2O5S+. The maximum absolute atomic E-state index is 13.5. The number of ether oxygens (including phenoxy) is 2. The van der Waals surface area contributed by atoms with E-state index < -0.39 is 23.7 Å². The van der Waals surface area contributed by atoms with E-state index in [9.17, 15) is 14.4 Å². The van der Waals surface area contributed by atoms with Gasteiger partial charge in [0, 0.05) is 10.4 Å². The number of hydrogen-bond acceptors (Lipinski definition) is 6. The summed E-state index contributed by atoms with van der Waals surface area (Å²) in [6, 6.07) is 8.34. The molecule has 2 atom stereocenters. The summed E-state index contributed by atoms with van der Waals surface area (Å²) >= 11 is 1.47. The number of hydrogen-bond donors (Lipinski definition) is 1. The van der Waals surface area contributed by atoms with Crippen LogP contribution in [0.3, 0.4) is 0 Å². The van der Waals surface area contributed by atoms with Crippen LogP contribution in [0.5, 0.6) is 5.75 Å². The summed E-state index contributed by atoms with van der Waals surface area (Å²) in [5, 5.41) is 1.91. The third-order valence-corrected chi connectivity index (χ3v) is 7.05. The van der Waals surface area contributed by atoms with Crippen molar-refractivity contribution in [2.24, 2.45) is 5.92 Å². The zero-order valence-corrected chi connectivity index (χ0v) is 18.6. The molecule has 1 aromatic heterocycles. The van der Waals surface area contributed by atoms with Crippen LogP contribution in [0.25, 0.3) is 0 Å². The molecule has 2 aromatic rings. The highest BCUT2D eigenvalue weighted by Gasteiger charge is 2.52. The average molecular weight is 444 g/mol. The Kier molecular flexibility index (Phi) is 6.50. The maximum Gasteiger partial charge on any atom is 0.291 e. The summed E-state index contributed by atoms with van der Waals surface area (Å²) in [6.45, 7) is 6.19. The molecule has 0 aliphatic carbocycles. The lowest BCUT2D eigenvalue weighted by atomic mass is 9.88. The van der Waals surface area contributed by atoms with Gasteiger partial charge in [-0.2, -0.15) is 0 Å². The molecule has 2 saturated heterocycles. The van der Waals surface area contributed by atoms with E-state index >= 15 is 0 Å². The van der Waals surface area contributed by atoms with Gasteiger partial charge >= 0.3 is 0 Å². The molecule has 7 nitrogen and oxygen atoms in total. The van der Waals surface area contributed by atoms with Crippen molar-refractivity contribution >= 4 is 28.8 Å². The summed E-state index contributed by atoms with van der Waals surface area (Å²) in [7, 11) is 1.57. The first kappa shape index (κ1) is 21.7. The van der Waals surface area contributed by atoms with Gasteiger partial charge in [-0.3, -0.25) is 14.4 Å². The lowest BCUT2D eigenvalue weighted by Gasteiger charge is -2.29. The lowest BCUT2D eigenvalue weighted by Crippen LogP contribution is -3.14. The monoisotopic (exact) mass is 443 g/mol. The summed E-state index contributed by atoms with van der Waals surface area (Å²) in [5.74, 6) is -1.85. The number of likely N-dealkylation sites (tertiary alicyclic amines) is 1. The Morgan fingerprint density at radius 3 is 2.68 bits per heavy atom. The number of aryl methyl sites for hydroxylation is 1. The molecule has 2 unspecified atom stereocenters. The number of quaternary nitrogens is 1. The van der Waals surface area contributed by atoms with Crippen LogP contribution in [0.1, 0.15) is 26.8 Å². The number of nitrogens with zero attached hydrogens (tertiary/aromatic N) is 1. The molecule has 1 amide bonds. The highest BCUT2D eigenvalue weighted by Crippen LogP contribution is 2.40. The quantitative estimate of drug-likeness (QED) is 0.391. The number of carbonyl (C=O) groups excluding carboxylic acids is 3. The first-order valence-corrected chi connectivity index (χ1v) is 11.4. The van der Waals surface area contributed by atoms with E-state index in [2.05, 4.69) is 0 Å². The Morgan fingerprint density at radius 2 is 2.03 bits per heavy atom. The number of benzene rings is 1. The minimum Gasteiger partial charge on any atom is -0.496 e. The molecule has 1 aromatic carbocycles. The summed E-state index contributed by atoms with van der Waals surface area (Å²) in [4.78, 5) is 43.3. The van der Waals surface area contributed by atoms with Gasteiger partial charge in [-0.25, -0.2) is 0 Å². The van der Waals surface area contributed by atoms with Gasteiger partial charge in [0.15, 0.2) is 5.78 Å². The van der Waals surface area contributed by atoms with Crippen molar-refractivity contribution in [3.63, 3.8) is 0 Å². The summed E-state index contributed by atoms with van der Waals surface area (Å²) in [5.41, 5.74) is 1.23. The molecule has 0 saturated carbocycles. The number of morpholine rings is 1. The van der Waals surface area contributed by atoms with Crippen LogP contribution in [-0.2, 0) is 14.3 Å². The van der Waals surface area contributed by atoms with Gasteiger partial charge in [-0.15, -0.1) is 11.3 Å². The molecule has 0 spiro atoms. The molecule has 31 heavy (non-hydrogen) atoms. The van der Waals surface area contributed by atoms with E-state index in [4.69, 9.17) is 9.47 Å². The Labute approximate surface area is 185 Å². The van der Waals surface area contributed by atoms with E-state index in [0.717, 1.165) is 30.1 Å². The van der Waals surface area contributed by atoms with Crippen LogP contribution in [0.4, 0.5) is 0 Å². The van der Waals surface area contributed by atoms with Crippen molar-refractivity contribution in [1.29, 1.82) is 0 Å². The molecule has 8 heteroatoms. The van der Waals surface area contributed by atoms with Crippen LogP contribution < -0.4 is 9.64 Å². The van der Waals surface area contributed by atoms with Gasteiger partial charge in [0.2, 0.25) is 5.78 Å². The van der Waals surface area contributed by atoms with Crippen molar-refractivity contribution in [3.05, 3.63) is 51.7 Å². The first-order valence-electron chi connectivity index (χ1n) is 10.5. The Hall–Kier alpha value is -2.55. The Bertz CT molecular complexity index is 968. The van der Waals surface area contributed by atoms with Crippen LogP contribution in [0.2, 0.25) is 0 Å². The topological polar surface area (TPSA) is 77.4 Å². The number of methoxy groups -OCH3 is 1. The Morgan fingerprint density at radius 1 is 1.26 bits per heavy atom. The van der Waals surface area contributed by atoms with Crippen molar-refractivity contribution in [2.75, 3.05) is 46.5 Å². The standard InChI is InChI=1S/C23H26N2O5S/c1-15-14-16(5-6-17(15)29-2)21(26)19-20(18-4-3-13-31-18)25(23(28)22(19)27)8-7-24-9-11-30-12-10-24/h3-6,13-14,19-20H,7-12H2,1-2H3/p+1.